The van der Waals surface area contributed by atoms with Crippen molar-refractivity contribution in [3.63, 3.8) is 0 Å². The van der Waals surface area contributed by atoms with E-state index in [0.29, 0.717) is 0 Å². The summed E-state index contributed by atoms with van der Waals surface area (Å²) in [4.78, 5) is 2.55. The fourth-order valence-corrected chi connectivity index (χ4v) is 1.75. The van der Waals surface area contributed by atoms with Crippen LogP contribution in [0.1, 0.15) is 26.7 Å². The highest BCUT2D eigenvalue weighted by atomic mass is 15.1. The topological polar surface area (TPSA) is 29.3 Å². The molecular formula is C10H22N2. The van der Waals surface area contributed by atoms with Crippen molar-refractivity contribution < 1.29 is 0 Å². The fraction of sp³-hybridized carbons (Fsp3) is 1.00. The third-order valence-corrected chi connectivity index (χ3v) is 2.73. The molecule has 1 atom stereocenters. The van der Waals surface area contributed by atoms with Gasteiger partial charge in [-0.15, -0.1) is 0 Å². The van der Waals surface area contributed by atoms with Crippen molar-refractivity contribution >= 4 is 0 Å². The number of hydrogen-bond acceptors (Lipinski definition) is 2. The lowest BCUT2D eigenvalue weighted by Gasteiger charge is -2.16. The van der Waals surface area contributed by atoms with Gasteiger partial charge < -0.3 is 10.6 Å². The van der Waals surface area contributed by atoms with E-state index in [4.69, 9.17) is 5.73 Å². The first kappa shape index (κ1) is 10.0. The Bertz CT molecular complexity index is 123. The van der Waals surface area contributed by atoms with E-state index in [1.807, 2.05) is 0 Å². The molecule has 12 heavy (non-hydrogen) atoms. The summed E-state index contributed by atoms with van der Waals surface area (Å²) in [5, 5.41) is 0. The summed E-state index contributed by atoms with van der Waals surface area (Å²) in [5.74, 6) is 1.61. The standard InChI is InChI=1S/C10H22N2/c1-9(2)3-5-12-6-4-10(7-11)8-12/h9-10H,3-8,11H2,1-2H3. The van der Waals surface area contributed by atoms with Crippen LogP contribution in [-0.2, 0) is 0 Å². The van der Waals surface area contributed by atoms with Crippen LogP contribution in [0, 0.1) is 11.8 Å². The molecule has 2 nitrogen and oxygen atoms in total. The molecule has 0 aromatic rings. The fourth-order valence-electron chi connectivity index (χ4n) is 1.75. The molecule has 0 aromatic carbocycles. The van der Waals surface area contributed by atoms with E-state index in [-0.39, 0.29) is 0 Å². The van der Waals surface area contributed by atoms with Gasteiger partial charge in [0.15, 0.2) is 0 Å². The normalized spacial score (nSPS) is 25.5. The molecule has 0 saturated carbocycles. The smallest absolute Gasteiger partial charge is 0.00222 e. The van der Waals surface area contributed by atoms with Crippen molar-refractivity contribution in [1.82, 2.24) is 4.90 Å². The van der Waals surface area contributed by atoms with Gasteiger partial charge in [0.05, 0.1) is 0 Å². The van der Waals surface area contributed by atoms with Gasteiger partial charge in [-0.25, -0.2) is 0 Å². The summed E-state index contributed by atoms with van der Waals surface area (Å²) < 4.78 is 0. The molecule has 1 aliphatic rings. The quantitative estimate of drug-likeness (QED) is 0.689. The van der Waals surface area contributed by atoms with Gasteiger partial charge in [-0.2, -0.15) is 0 Å². The van der Waals surface area contributed by atoms with Crippen LogP contribution in [0.5, 0.6) is 0 Å². The maximum absolute atomic E-state index is 5.63. The summed E-state index contributed by atoms with van der Waals surface area (Å²) in [7, 11) is 0. The Kier molecular flexibility index (Phi) is 4.02. The lowest BCUT2D eigenvalue weighted by Crippen LogP contribution is -2.24. The van der Waals surface area contributed by atoms with Crippen LogP contribution in [-0.4, -0.2) is 31.1 Å². The minimum atomic E-state index is 0.775. The second-order valence-corrected chi connectivity index (χ2v) is 4.37. The Balaban J connectivity index is 2.11. The highest BCUT2D eigenvalue weighted by Gasteiger charge is 2.20. The number of rotatable bonds is 4. The average Bonchev–Trinajstić information content (AvgIpc) is 2.48. The summed E-state index contributed by atoms with van der Waals surface area (Å²) in [6, 6.07) is 0. The van der Waals surface area contributed by atoms with Crippen LogP contribution in [0.2, 0.25) is 0 Å². The Hall–Kier alpha value is -0.0800. The van der Waals surface area contributed by atoms with Gasteiger partial charge in [0, 0.05) is 6.54 Å². The zero-order chi connectivity index (χ0) is 8.97. The molecule has 1 fully saturated rings. The van der Waals surface area contributed by atoms with Crippen LogP contribution in [0.15, 0.2) is 0 Å². The van der Waals surface area contributed by atoms with Gasteiger partial charge in [-0.1, -0.05) is 13.8 Å². The van der Waals surface area contributed by atoms with Gasteiger partial charge in [0.25, 0.3) is 0 Å². The zero-order valence-electron chi connectivity index (χ0n) is 8.42. The van der Waals surface area contributed by atoms with Crippen molar-refractivity contribution in [2.45, 2.75) is 26.7 Å². The van der Waals surface area contributed by atoms with E-state index in [9.17, 15) is 0 Å². The Morgan fingerprint density at radius 3 is 2.75 bits per heavy atom. The molecule has 0 aromatic heterocycles. The minimum Gasteiger partial charge on any atom is -0.330 e. The summed E-state index contributed by atoms with van der Waals surface area (Å²) in [5.41, 5.74) is 5.63. The molecule has 1 heterocycles. The molecule has 0 radical (unpaired) electrons. The third-order valence-electron chi connectivity index (χ3n) is 2.73. The van der Waals surface area contributed by atoms with Crippen LogP contribution >= 0.6 is 0 Å². The van der Waals surface area contributed by atoms with E-state index < -0.39 is 0 Å². The maximum Gasteiger partial charge on any atom is 0.00222 e. The van der Waals surface area contributed by atoms with Gasteiger partial charge in [-0.05, 0) is 44.3 Å². The van der Waals surface area contributed by atoms with Gasteiger partial charge in [0.1, 0.15) is 0 Å². The van der Waals surface area contributed by atoms with Gasteiger partial charge in [-0.3, -0.25) is 0 Å². The first-order valence-corrected chi connectivity index (χ1v) is 5.14. The van der Waals surface area contributed by atoms with Crippen molar-refractivity contribution in [2.24, 2.45) is 17.6 Å². The molecule has 2 N–H and O–H groups in total. The molecule has 0 spiro atoms. The van der Waals surface area contributed by atoms with E-state index in [0.717, 1.165) is 18.4 Å². The predicted octanol–water partition coefficient (Wildman–Crippen LogP) is 1.31. The van der Waals surface area contributed by atoms with Crippen LogP contribution < -0.4 is 5.73 Å². The molecule has 1 aliphatic heterocycles. The molecule has 72 valence electrons. The largest absolute Gasteiger partial charge is 0.330 e. The zero-order valence-corrected chi connectivity index (χ0v) is 8.42. The van der Waals surface area contributed by atoms with Gasteiger partial charge >= 0.3 is 0 Å². The summed E-state index contributed by atoms with van der Waals surface area (Å²) in [6.45, 7) is 9.23. The average molecular weight is 170 g/mol. The van der Waals surface area contributed by atoms with Crippen molar-refractivity contribution in [3.05, 3.63) is 0 Å². The number of likely N-dealkylation sites (tertiary alicyclic amines) is 1. The second-order valence-electron chi connectivity index (χ2n) is 4.37. The molecule has 0 bridgehead atoms. The number of hydrogen-bond donors (Lipinski definition) is 1. The van der Waals surface area contributed by atoms with Crippen LogP contribution in [0.3, 0.4) is 0 Å². The molecule has 1 unspecified atom stereocenters. The first-order chi connectivity index (χ1) is 5.72. The first-order valence-electron chi connectivity index (χ1n) is 5.14. The van der Waals surface area contributed by atoms with Crippen molar-refractivity contribution in [3.8, 4) is 0 Å². The van der Waals surface area contributed by atoms with E-state index >= 15 is 0 Å². The van der Waals surface area contributed by atoms with Crippen LogP contribution in [0.4, 0.5) is 0 Å². The Labute approximate surface area is 76.1 Å². The molecule has 0 aliphatic carbocycles. The van der Waals surface area contributed by atoms with Crippen molar-refractivity contribution in [2.75, 3.05) is 26.2 Å². The SMILES string of the molecule is CC(C)CCN1CCC(CN)C1. The predicted molar refractivity (Wildman–Crippen MR) is 53.1 cm³/mol. The molecule has 0 amide bonds. The number of nitrogens with zero attached hydrogens (tertiary/aromatic N) is 1. The summed E-state index contributed by atoms with van der Waals surface area (Å²) in [6.07, 6.45) is 2.64. The molecule has 1 saturated heterocycles. The Morgan fingerprint density at radius 1 is 1.50 bits per heavy atom. The van der Waals surface area contributed by atoms with Gasteiger partial charge in [0.2, 0.25) is 0 Å². The van der Waals surface area contributed by atoms with E-state index in [1.54, 1.807) is 0 Å². The van der Waals surface area contributed by atoms with Crippen molar-refractivity contribution in [1.29, 1.82) is 0 Å². The maximum atomic E-state index is 5.63. The monoisotopic (exact) mass is 170 g/mol. The molecule has 1 rings (SSSR count). The third kappa shape index (κ3) is 3.11. The second kappa shape index (κ2) is 4.83. The van der Waals surface area contributed by atoms with E-state index in [2.05, 4.69) is 18.7 Å². The number of nitrogens with two attached hydrogens (primary N) is 1. The highest BCUT2D eigenvalue weighted by Crippen LogP contribution is 2.15. The minimum absolute atomic E-state index is 0.775. The Morgan fingerprint density at radius 2 is 2.25 bits per heavy atom. The molecular weight excluding hydrogens is 148 g/mol. The lowest BCUT2D eigenvalue weighted by atomic mass is 10.1. The lowest BCUT2D eigenvalue weighted by molar-refractivity contribution is 0.303. The van der Waals surface area contributed by atoms with E-state index in [1.165, 1.54) is 32.5 Å². The summed E-state index contributed by atoms with van der Waals surface area (Å²) >= 11 is 0. The molecule has 2 heteroatoms. The van der Waals surface area contributed by atoms with Crippen LogP contribution in [0.25, 0.3) is 0 Å². The highest BCUT2D eigenvalue weighted by molar-refractivity contribution is 4.75.